The van der Waals surface area contributed by atoms with Gasteiger partial charge in [-0.2, -0.15) is 0 Å². The van der Waals surface area contributed by atoms with E-state index >= 15 is 0 Å². The summed E-state index contributed by atoms with van der Waals surface area (Å²) in [6, 6.07) is 7.84. The van der Waals surface area contributed by atoms with Gasteiger partial charge in [0.1, 0.15) is 12.4 Å². The number of amides is 1. The van der Waals surface area contributed by atoms with Gasteiger partial charge in [0.05, 0.1) is 5.54 Å². The van der Waals surface area contributed by atoms with E-state index in [2.05, 4.69) is 10.2 Å². The van der Waals surface area contributed by atoms with Gasteiger partial charge < -0.3 is 20.7 Å². The molecule has 1 aromatic carbocycles. The number of hydrogen-bond donors (Lipinski definition) is 2. The topological polar surface area (TPSA) is 67.6 Å². The van der Waals surface area contributed by atoms with Gasteiger partial charge in [0.2, 0.25) is 5.91 Å². The lowest BCUT2D eigenvalue weighted by molar-refractivity contribution is -0.127. The summed E-state index contributed by atoms with van der Waals surface area (Å²) in [7, 11) is 4.04. The van der Waals surface area contributed by atoms with Crippen LogP contribution < -0.4 is 15.8 Å². The second-order valence-electron chi connectivity index (χ2n) is 6.70. The first kappa shape index (κ1) is 17.8. The van der Waals surface area contributed by atoms with E-state index in [1.807, 2.05) is 38.4 Å². The molecule has 1 saturated carbocycles. The Bertz CT molecular complexity index is 493. The van der Waals surface area contributed by atoms with E-state index in [0.29, 0.717) is 13.2 Å². The molecule has 0 bridgehead atoms. The van der Waals surface area contributed by atoms with Crippen LogP contribution >= 0.6 is 0 Å². The fourth-order valence-corrected chi connectivity index (χ4v) is 2.82. The van der Waals surface area contributed by atoms with Gasteiger partial charge in [-0.15, -0.1) is 0 Å². The maximum Gasteiger partial charge on any atom is 0.240 e. The minimum absolute atomic E-state index is 0.0245. The third kappa shape index (κ3) is 5.52. The highest BCUT2D eigenvalue weighted by Crippen LogP contribution is 2.26. The largest absolute Gasteiger partial charge is 0.492 e. The van der Waals surface area contributed by atoms with Crippen molar-refractivity contribution in [1.29, 1.82) is 0 Å². The SMILES string of the molecule is CN(C)CCOc1ccc(CNC(=O)C2(N)CCCCC2)cc1. The van der Waals surface area contributed by atoms with Gasteiger partial charge in [0, 0.05) is 13.1 Å². The molecule has 128 valence electrons. The van der Waals surface area contributed by atoms with Gasteiger partial charge >= 0.3 is 0 Å². The molecule has 5 nitrogen and oxygen atoms in total. The Morgan fingerprint density at radius 2 is 1.87 bits per heavy atom. The van der Waals surface area contributed by atoms with Crippen LogP contribution in [0.1, 0.15) is 37.7 Å². The van der Waals surface area contributed by atoms with Gasteiger partial charge in [-0.05, 0) is 44.6 Å². The highest BCUT2D eigenvalue weighted by atomic mass is 16.5. The van der Waals surface area contributed by atoms with Crippen molar-refractivity contribution in [2.45, 2.75) is 44.2 Å². The molecule has 1 aromatic rings. The first-order valence-electron chi connectivity index (χ1n) is 8.43. The highest BCUT2D eigenvalue weighted by Gasteiger charge is 2.34. The van der Waals surface area contributed by atoms with Gasteiger partial charge in [0.25, 0.3) is 0 Å². The Morgan fingerprint density at radius 1 is 1.22 bits per heavy atom. The zero-order valence-corrected chi connectivity index (χ0v) is 14.3. The van der Waals surface area contributed by atoms with E-state index < -0.39 is 5.54 Å². The molecule has 23 heavy (non-hydrogen) atoms. The Kier molecular flexibility index (Phi) is 6.42. The van der Waals surface area contributed by atoms with Crippen molar-refractivity contribution in [3.63, 3.8) is 0 Å². The minimum atomic E-state index is -0.673. The first-order valence-corrected chi connectivity index (χ1v) is 8.43. The zero-order valence-electron chi connectivity index (χ0n) is 14.3. The molecule has 0 aromatic heterocycles. The highest BCUT2D eigenvalue weighted by molar-refractivity contribution is 5.86. The average molecular weight is 319 g/mol. The van der Waals surface area contributed by atoms with Gasteiger partial charge in [-0.3, -0.25) is 4.79 Å². The van der Waals surface area contributed by atoms with Crippen LogP contribution in [0.15, 0.2) is 24.3 Å². The van der Waals surface area contributed by atoms with Gasteiger partial charge in [-0.25, -0.2) is 0 Å². The predicted molar refractivity (Wildman–Crippen MR) is 92.3 cm³/mol. The number of nitrogens with zero attached hydrogens (tertiary/aromatic N) is 1. The van der Waals surface area contributed by atoms with E-state index in [-0.39, 0.29) is 5.91 Å². The van der Waals surface area contributed by atoms with E-state index in [1.165, 1.54) is 6.42 Å². The van der Waals surface area contributed by atoms with Crippen LogP contribution in [0, 0.1) is 0 Å². The van der Waals surface area contributed by atoms with Gasteiger partial charge in [0.15, 0.2) is 0 Å². The molecule has 0 aliphatic heterocycles. The van der Waals surface area contributed by atoms with Crippen LogP contribution in [0.25, 0.3) is 0 Å². The molecule has 0 heterocycles. The standard InChI is InChI=1S/C18H29N3O2/c1-21(2)12-13-23-16-8-6-15(7-9-16)14-20-17(22)18(19)10-4-3-5-11-18/h6-9H,3-5,10-14,19H2,1-2H3,(H,20,22). The van der Waals surface area contributed by atoms with Crippen molar-refractivity contribution in [3.8, 4) is 5.75 Å². The summed E-state index contributed by atoms with van der Waals surface area (Å²) in [6.45, 7) is 2.06. The van der Waals surface area contributed by atoms with Gasteiger partial charge in [-0.1, -0.05) is 31.4 Å². The summed E-state index contributed by atoms with van der Waals surface area (Å²) in [6.07, 6.45) is 4.85. The number of carbonyl (C=O) groups excluding carboxylic acids is 1. The van der Waals surface area contributed by atoms with E-state index in [4.69, 9.17) is 10.5 Å². The fraction of sp³-hybridized carbons (Fsp3) is 0.611. The summed E-state index contributed by atoms with van der Waals surface area (Å²) in [5.74, 6) is 0.827. The third-order valence-electron chi connectivity index (χ3n) is 4.38. The number of likely N-dealkylation sites (N-methyl/N-ethyl adjacent to an activating group) is 1. The van der Waals surface area contributed by atoms with Crippen molar-refractivity contribution in [1.82, 2.24) is 10.2 Å². The zero-order chi connectivity index (χ0) is 16.7. The Balaban J connectivity index is 1.78. The summed E-state index contributed by atoms with van der Waals surface area (Å²) in [5, 5.41) is 2.98. The summed E-state index contributed by atoms with van der Waals surface area (Å²) >= 11 is 0. The third-order valence-corrected chi connectivity index (χ3v) is 4.38. The summed E-state index contributed by atoms with van der Waals surface area (Å²) < 4.78 is 5.66. The molecule has 1 aliphatic rings. The molecule has 1 amide bonds. The molecule has 1 aliphatic carbocycles. The van der Waals surface area contributed by atoms with E-state index in [9.17, 15) is 4.79 Å². The van der Waals surface area contributed by atoms with Crippen LogP contribution in [-0.4, -0.2) is 43.6 Å². The van der Waals surface area contributed by atoms with Crippen molar-refractivity contribution in [3.05, 3.63) is 29.8 Å². The molecule has 0 unspecified atom stereocenters. The van der Waals surface area contributed by atoms with Crippen LogP contribution in [-0.2, 0) is 11.3 Å². The van der Waals surface area contributed by atoms with Crippen molar-refractivity contribution >= 4 is 5.91 Å². The molecule has 5 heteroatoms. The molecule has 0 radical (unpaired) electrons. The van der Waals surface area contributed by atoms with E-state index in [1.54, 1.807) is 0 Å². The number of carbonyl (C=O) groups is 1. The molecule has 1 fully saturated rings. The van der Waals surface area contributed by atoms with Crippen molar-refractivity contribution in [2.24, 2.45) is 5.73 Å². The van der Waals surface area contributed by atoms with Crippen LogP contribution in [0.4, 0.5) is 0 Å². The maximum atomic E-state index is 12.3. The van der Waals surface area contributed by atoms with Crippen LogP contribution in [0.5, 0.6) is 5.75 Å². The molecule has 2 rings (SSSR count). The summed E-state index contributed by atoms with van der Waals surface area (Å²) in [4.78, 5) is 14.4. The second-order valence-corrected chi connectivity index (χ2v) is 6.70. The fourth-order valence-electron chi connectivity index (χ4n) is 2.82. The average Bonchev–Trinajstić information content (AvgIpc) is 2.54. The maximum absolute atomic E-state index is 12.3. The predicted octanol–water partition coefficient (Wildman–Crippen LogP) is 1.90. The monoisotopic (exact) mass is 319 g/mol. The molecule has 0 spiro atoms. The number of ether oxygens (including phenoxy) is 1. The molecule has 0 atom stereocenters. The molecular weight excluding hydrogens is 290 g/mol. The minimum Gasteiger partial charge on any atom is -0.492 e. The Hall–Kier alpha value is -1.59. The van der Waals surface area contributed by atoms with Crippen LogP contribution in [0.2, 0.25) is 0 Å². The number of nitrogens with one attached hydrogen (secondary N) is 1. The quantitative estimate of drug-likeness (QED) is 0.805. The second kappa shape index (κ2) is 8.31. The molecule has 3 N–H and O–H groups in total. The normalized spacial score (nSPS) is 17.0. The number of hydrogen-bond acceptors (Lipinski definition) is 4. The van der Waals surface area contributed by atoms with Crippen LogP contribution in [0.3, 0.4) is 0 Å². The first-order chi connectivity index (χ1) is 11.0. The smallest absolute Gasteiger partial charge is 0.240 e. The summed E-state index contributed by atoms with van der Waals surface area (Å²) in [5.41, 5.74) is 6.61. The van der Waals surface area contributed by atoms with Crippen molar-refractivity contribution < 1.29 is 9.53 Å². The lowest BCUT2D eigenvalue weighted by atomic mass is 9.82. The van der Waals surface area contributed by atoms with Crippen molar-refractivity contribution in [2.75, 3.05) is 27.2 Å². The number of benzene rings is 1. The Morgan fingerprint density at radius 3 is 2.48 bits per heavy atom. The lowest BCUT2D eigenvalue weighted by Crippen LogP contribution is -2.54. The molecular formula is C18H29N3O2. The number of nitrogens with two attached hydrogens (primary N) is 1. The number of rotatable bonds is 7. The molecule has 0 saturated heterocycles. The lowest BCUT2D eigenvalue weighted by Gasteiger charge is -2.31. The Labute approximate surface area is 139 Å². The van der Waals surface area contributed by atoms with E-state index in [0.717, 1.165) is 43.5 Å².